The second kappa shape index (κ2) is 8.59. The summed E-state index contributed by atoms with van der Waals surface area (Å²) in [6, 6.07) is 7.88. The molecule has 7 heteroatoms. The van der Waals surface area contributed by atoms with E-state index in [1.807, 2.05) is 30.5 Å². The molecule has 3 aromatic rings. The third-order valence-electron chi connectivity index (χ3n) is 5.31. The molecule has 0 spiro atoms. The van der Waals surface area contributed by atoms with Crippen molar-refractivity contribution in [1.29, 1.82) is 0 Å². The highest BCUT2D eigenvalue weighted by Gasteiger charge is 2.23. The Hall–Kier alpha value is -2.96. The number of hydrogen-bond donors (Lipinski definition) is 0. The number of rotatable bonds is 7. The van der Waals surface area contributed by atoms with E-state index in [1.165, 1.54) is 12.8 Å². The number of carbonyl (C=O) groups excluding carboxylic acids is 1. The van der Waals surface area contributed by atoms with E-state index >= 15 is 0 Å². The van der Waals surface area contributed by atoms with Gasteiger partial charge in [0.1, 0.15) is 5.75 Å². The molecule has 0 amide bonds. The molecule has 2 aromatic heterocycles. The van der Waals surface area contributed by atoms with Gasteiger partial charge in [-0.05, 0) is 38.3 Å². The lowest BCUT2D eigenvalue weighted by Gasteiger charge is -2.12. The number of nitrogens with zero attached hydrogens (tertiary/aromatic N) is 4. The van der Waals surface area contributed by atoms with Crippen LogP contribution in [-0.2, 0) is 16.0 Å². The summed E-state index contributed by atoms with van der Waals surface area (Å²) in [6.07, 6.45) is 7.44. The van der Waals surface area contributed by atoms with Crippen LogP contribution >= 0.6 is 0 Å². The quantitative estimate of drug-likeness (QED) is 0.561. The van der Waals surface area contributed by atoms with Crippen LogP contribution in [0.5, 0.6) is 5.75 Å². The zero-order valence-electron chi connectivity index (χ0n) is 16.9. The molecule has 2 heterocycles. The van der Waals surface area contributed by atoms with E-state index in [-0.39, 0.29) is 6.61 Å². The average molecular weight is 394 g/mol. The van der Waals surface area contributed by atoms with Crippen molar-refractivity contribution < 1.29 is 14.3 Å². The number of esters is 1. The minimum Gasteiger partial charge on any atom is -0.481 e. The Morgan fingerprint density at radius 2 is 2.00 bits per heavy atom. The Labute approximate surface area is 170 Å². The van der Waals surface area contributed by atoms with Gasteiger partial charge in [0.25, 0.3) is 0 Å². The molecule has 1 fully saturated rings. The maximum Gasteiger partial charge on any atom is 0.344 e. The van der Waals surface area contributed by atoms with Crippen LogP contribution in [0.2, 0.25) is 0 Å². The third-order valence-corrected chi connectivity index (χ3v) is 5.31. The van der Waals surface area contributed by atoms with Gasteiger partial charge in [0, 0.05) is 6.20 Å². The van der Waals surface area contributed by atoms with E-state index in [1.54, 1.807) is 6.92 Å². The Morgan fingerprint density at radius 1 is 1.21 bits per heavy atom. The van der Waals surface area contributed by atoms with E-state index in [4.69, 9.17) is 19.6 Å². The first-order valence-electron chi connectivity index (χ1n) is 10.3. The molecule has 0 N–H and O–H groups in total. The number of benzene rings is 1. The monoisotopic (exact) mass is 394 g/mol. The molecule has 1 aliphatic carbocycles. The van der Waals surface area contributed by atoms with Crippen LogP contribution in [0.1, 0.15) is 51.3 Å². The van der Waals surface area contributed by atoms with Crippen LogP contribution in [0.25, 0.3) is 22.4 Å². The van der Waals surface area contributed by atoms with Gasteiger partial charge < -0.3 is 9.47 Å². The predicted molar refractivity (Wildman–Crippen MR) is 110 cm³/mol. The standard InChI is InChI=1S/C22H26N4O3/c1-3-18-17-13-23-21(24-22(17)26(25-18)15-9-5-6-10-15)16-11-7-8-12-19(16)29-14-20(27)28-4-2/h7-8,11-13,15H,3-6,9-10,14H2,1-2H3. The first-order valence-corrected chi connectivity index (χ1v) is 10.3. The molecule has 0 aliphatic heterocycles. The van der Waals surface area contributed by atoms with Crippen LogP contribution in [0, 0.1) is 0 Å². The lowest BCUT2D eigenvalue weighted by molar-refractivity contribution is -0.145. The Balaban J connectivity index is 1.71. The van der Waals surface area contributed by atoms with E-state index in [9.17, 15) is 4.79 Å². The fourth-order valence-corrected chi connectivity index (χ4v) is 3.89. The summed E-state index contributed by atoms with van der Waals surface area (Å²) < 4.78 is 12.7. The van der Waals surface area contributed by atoms with Crippen LogP contribution in [-0.4, -0.2) is 38.9 Å². The smallest absolute Gasteiger partial charge is 0.344 e. The summed E-state index contributed by atoms with van der Waals surface area (Å²) in [5.74, 6) is 0.729. The van der Waals surface area contributed by atoms with E-state index < -0.39 is 5.97 Å². The second-order valence-electron chi connectivity index (χ2n) is 7.20. The van der Waals surface area contributed by atoms with Crippen molar-refractivity contribution in [1.82, 2.24) is 19.7 Å². The molecule has 29 heavy (non-hydrogen) atoms. The van der Waals surface area contributed by atoms with Crippen molar-refractivity contribution >= 4 is 17.0 Å². The Morgan fingerprint density at radius 3 is 2.76 bits per heavy atom. The Bertz CT molecular complexity index is 1010. The number of aromatic nitrogens is 4. The van der Waals surface area contributed by atoms with Crippen molar-refractivity contribution in [2.75, 3.05) is 13.2 Å². The van der Waals surface area contributed by atoms with Crippen molar-refractivity contribution in [3.8, 4) is 17.1 Å². The zero-order chi connectivity index (χ0) is 20.2. The van der Waals surface area contributed by atoms with Gasteiger partial charge >= 0.3 is 5.97 Å². The van der Waals surface area contributed by atoms with Crippen molar-refractivity contribution in [3.63, 3.8) is 0 Å². The Kier molecular flexibility index (Phi) is 5.74. The molecular formula is C22H26N4O3. The van der Waals surface area contributed by atoms with Gasteiger partial charge in [-0.3, -0.25) is 0 Å². The molecule has 7 nitrogen and oxygen atoms in total. The summed E-state index contributed by atoms with van der Waals surface area (Å²) in [7, 11) is 0. The van der Waals surface area contributed by atoms with E-state index in [0.29, 0.717) is 24.2 Å². The highest BCUT2D eigenvalue weighted by atomic mass is 16.6. The lowest BCUT2D eigenvalue weighted by atomic mass is 10.1. The average Bonchev–Trinajstić information content (AvgIpc) is 3.40. The third kappa shape index (κ3) is 3.95. The first-order chi connectivity index (χ1) is 14.2. The van der Waals surface area contributed by atoms with Crippen LogP contribution in [0.4, 0.5) is 0 Å². The maximum absolute atomic E-state index is 11.7. The van der Waals surface area contributed by atoms with Gasteiger partial charge in [-0.2, -0.15) is 5.10 Å². The number of para-hydroxylation sites is 1. The molecule has 0 atom stereocenters. The summed E-state index contributed by atoms with van der Waals surface area (Å²) in [5, 5.41) is 5.86. The minimum atomic E-state index is -0.398. The lowest BCUT2D eigenvalue weighted by Crippen LogP contribution is -2.15. The van der Waals surface area contributed by atoms with Crippen LogP contribution < -0.4 is 4.74 Å². The van der Waals surface area contributed by atoms with Gasteiger partial charge in [0.2, 0.25) is 0 Å². The number of carbonyl (C=O) groups is 1. The SMILES string of the molecule is CCOC(=O)COc1ccccc1-c1ncc2c(CC)nn(C3CCCC3)c2n1. The first kappa shape index (κ1) is 19.4. The summed E-state index contributed by atoms with van der Waals surface area (Å²) in [4.78, 5) is 21.1. The molecule has 0 radical (unpaired) electrons. The molecule has 152 valence electrons. The molecule has 1 saturated carbocycles. The fourth-order valence-electron chi connectivity index (χ4n) is 3.89. The second-order valence-corrected chi connectivity index (χ2v) is 7.20. The van der Waals surface area contributed by atoms with E-state index in [0.717, 1.165) is 41.6 Å². The molecule has 0 saturated heterocycles. The van der Waals surface area contributed by atoms with Crippen molar-refractivity contribution in [2.45, 2.75) is 52.0 Å². The maximum atomic E-state index is 11.7. The van der Waals surface area contributed by atoms with Crippen LogP contribution in [0.3, 0.4) is 0 Å². The normalized spacial score (nSPS) is 14.4. The number of aryl methyl sites for hydroxylation is 1. The topological polar surface area (TPSA) is 79.1 Å². The summed E-state index contributed by atoms with van der Waals surface area (Å²) in [6.45, 7) is 4.06. The molecule has 1 aliphatic rings. The fraction of sp³-hybridized carbons (Fsp3) is 0.455. The number of ether oxygens (including phenoxy) is 2. The molecule has 0 bridgehead atoms. The van der Waals surface area contributed by atoms with Crippen molar-refractivity contribution in [2.24, 2.45) is 0 Å². The van der Waals surface area contributed by atoms with Crippen molar-refractivity contribution in [3.05, 3.63) is 36.2 Å². The zero-order valence-corrected chi connectivity index (χ0v) is 16.9. The largest absolute Gasteiger partial charge is 0.481 e. The highest BCUT2D eigenvalue weighted by molar-refractivity contribution is 5.80. The van der Waals surface area contributed by atoms with Crippen LogP contribution in [0.15, 0.2) is 30.5 Å². The molecule has 4 rings (SSSR count). The number of fused-ring (bicyclic) bond motifs is 1. The van der Waals surface area contributed by atoms with E-state index in [2.05, 4.69) is 16.6 Å². The summed E-state index contributed by atoms with van der Waals surface area (Å²) in [5.41, 5.74) is 2.65. The summed E-state index contributed by atoms with van der Waals surface area (Å²) >= 11 is 0. The molecule has 0 unspecified atom stereocenters. The van der Waals surface area contributed by atoms with Gasteiger partial charge in [-0.15, -0.1) is 0 Å². The number of hydrogen-bond acceptors (Lipinski definition) is 6. The van der Waals surface area contributed by atoms with Gasteiger partial charge in [0.05, 0.1) is 29.3 Å². The van der Waals surface area contributed by atoms with Gasteiger partial charge in [-0.25, -0.2) is 19.4 Å². The minimum absolute atomic E-state index is 0.146. The highest BCUT2D eigenvalue weighted by Crippen LogP contribution is 2.34. The van der Waals surface area contributed by atoms with Gasteiger partial charge in [-0.1, -0.05) is 31.9 Å². The van der Waals surface area contributed by atoms with Gasteiger partial charge in [0.15, 0.2) is 18.1 Å². The molecule has 1 aromatic carbocycles. The molecular weight excluding hydrogens is 368 g/mol. The predicted octanol–water partition coefficient (Wildman–Crippen LogP) is 4.11.